The summed E-state index contributed by atoms with van der Waals surface area (Å²) in [6, 6.07) is 5.92. The van der Waals surface area contributed by atoms with E-state index in [9.17, 15) is 4.79 Å². The first-order valence-corrected chi connectivity index (χ1v) is 8.24. The smallest absolute Gasteiger partial charge is 0.306 e. The Hall–Kier alpha value is -1.59. The Morgan fingerprint density at radius 3 is 2.78 bits per heavy atom. The molecule has 1 aromatic carbocycles. The number of carbonyl (C=O) groups excluding carboxylic acids is 1. The summed E-state index contributed by atoms with van der Waals surface area (Å²) in [5, 5.41) is 0. The minimum Gasteiger partial charge on any atom is -0.496 e. The summed E-state index contributed by atoms with van der Waals surface area (Å²) in [7, 11) is 1.65. The normalized spacial score (nSPS) is 17.6. The monoisotopic (exact) mass is 322 g/mol. The second kappa shape index (κ2) is 8.89. The second-order valence-corrected chi connectivity index (χ2v) is 5.52. The molecule has 5 heteroatoms. The number of carbonyl (C=O) groups is 1. The van der Waals surface area contributed by atoms with Gasteiger partial charge in [-0.1, -0.05) is 19.1 Å². The average Bonchev–Trinajstić information content (AvgIpc) is 3.38. The first-order valence-electron chi connectivity index (χ1n) is 8.24. The molecule has 1 heterocycles. The van der Waals surface area contributed by atoms with Gasteiger partial charge < -0.3 is 18.9 Å². The summed E-state index contributed by atoms with van der Waals surface area (Å²) in [6.07, 6.45) is 1.98. The summed E-state index contributed by atoms with van der Waals surface area (Å²) < 4.78 is 21.7. The molecule has 0 aliphatic carbocycles. The third-order valence-electron chi connectivity index (χ3n) is 3.88. The van der Waals surface area contributed by atoms with E-state index < -0.39 is 0 Å². The van der Waals surface area contributed by atoms with Gasteiger partial charge in [-0.3, -0.25) is 4.79 Å². The third-order valence-corrected chi connectivity index (χ3v) is 3.88. The van der Waals surface area contributed by atoms with Gasteiger partial charge in [-0.15, -0.1) is 0 Å². The maximum atomic E-state index is 11.7. The Balaban J connectivity index is 2.13. The van der Waals surface area contributed by atoms with Crippen molar-refractivity contribution in [3.8, 4) is 5.75 Å². The van der Waals surface area contributed by atoms with Crippen LogP contribution in [-0.2, 0) is 25.4 Å². The van der Waals surface area contributed by atoms with Crippen molar-refractivity contribution in [1.29, 1.82) is 0 Å². The van der Waals surface area contributed by atoms with Gasteiger partial charge in [0, 0.05) is 12.0 Å². The van der Waals surface area contributed by atoms with Crippen molar-refractivity contribution in [2.45, 2.75) is 45.3 Å². The molecule has 1 saturated heterocycles. The fraction of sp³-hybridized carbons (Fsp3) is 0.611. The van der Waals surface area contributed by atoms with Crippen molar-refractivity contribution >= 4 is 5.97 Å². The van der Waals surface area contributed by atoms with Crippen LogP contribution in [0.2, 0.25) is 0 Å². The van der Waals surface area contributed by atoms with Gasteiger partial charge in [-0.25, -0.2) is 0 Å². The van der Waals surface area contributed by atoms with Gasteiger partial charge in [0.05, 0.1) is 33.0 Å². The highest BCUT2D eigenvalue weighted by Crippen LogP contribution is 2.32. The number of epoxide rings is 1. The number of hydrogen-bond donors (Lipinski definition) is 0. The van der Waals surface area contributed by atoms with E-state index in [1.54, 1.807) is 7.11 Å². The molecule has 0 amide bonds. The standard InChI is InChI=1S/C18H26O5/c1-4-16(23-12-13-11-22-13)14-7-6-8-17(20-3)15(14)9-10-18(19)21-5-2/h6-8,13,16H,4-5,9-12H2,1-3H3/t13-,16-/m1/s1. The zero-order valence-electron chi connectivity index (χ0n) is 14.2. The lowest BCUT2D eigenvalue weighted by Gasteiger charge is -2.21. The molecule has 5 nitrogen and oxygen atoms in total. The fourth-order valence-corrected chi connectivity index (χ4v) is 2.62. The van der Waals surface area contributed by atoms with E-state index >= 15 is 0 Å². The van der Waals surface area contributed by atoms with Crippen molar-refractivity contribution in [3.05, 3.63) is 29.3 Å². The van der Waals surface area contributed by atoms with Crippen LogP contribution < -0.4 is 4.74 Å². The van der Waals surface area contributed by atoms with Crippen molar-refractivity contribution < 1.29 is 23.7 Å². The van der Waals surface area contributed by atoms with Crippen LogP contribution in [0.3, 0.4) is 0 Å². The molecule has 0 saturated carbocycles. The van der Waals surface area contributed by atoms with E-state index in [1.165, 1.54) is 0 Å². The molecule has 0 spiro atoms. The Morgan fingerprint density at radius 2 is 2.17 bits per heavy atom. The summed E-state index contributed by atoms with van der Waals surface area (Å²) in [6.45, 7) is 5.69. The predicted molar refractivity (Wildman–Crippen MR) is 86.7 cm³/mol. The topological polar surface area (TPSA) is 57.3 Å². The molecule has 0 bridgehead atoms. The molecular formula is C18H26O5. The molecule has 0 N–H and O–H groups in total. The minimum atomic E-state index is -0.190. The maximum Gasteiger partial charge on any atom is 0.306 e. The Labute approximate surface area is 137 Å². The molecular weight excluding hydrogens is 296 g/mol. The Bertz CT molecular complexity index is 510. The minimum absolute atomic E-state index is 0.0218. The quantitative estimate of drug-likeness (QED) is 0.489. The van der Waals surface area contributed by atoms with Gasteiger partial charge in [-0.2, -0.15) is 0 Å². The molecule has 23 heavy (non-hydrogen) atoms. The van der Waals surface area contributed by atoms with E-state index in [2.05, 4.69) is 6.92 Å². The van der Waals surface area contributed by atoms with Crippen molar-refractivity contribution in [1.82, 2.24) is 0 Å². The molecule has 1 aromatic rings. The first kappa shape index (κ1) is 17.8. The number of hydrogen-bond acceptors (Lipinski definition) is 5. The van der Waals surface area contributed by atoms with Crippen LogP contribution in [0.4, 0.5) is 0 Å². The van der Waals surface area contributed by atoms with Gasteiger partial charge in [0.15, 0.2) is 0 Å². The molecule has 1 aliphatic heterocycles. The van der Waals surface area contributed by atoms with Crippen LogP contribution in [0.1, 0.15) is 43.9 Å². The Kier molecular flexibility index (Phi) is 6.86. The van der Waals surface area contributed by atoms with Crippen molar-refractivity contribution in [3.63, 3.8) is 0 Å². The summed E-state index contributed by atoms with van der Waals surface area (Å²) in [5.41, 5.74) is 2.10. The lowest BCUT2D eigenvalue weighted by atomic mass is 9.96. The zero-order valence-corrected chi connectivity index (χ0v) is 14.2. The average molecular weight is 322 g/mol. The van der Waals surface area contributed by atoms with E-state index in [4.69, 9.17) is 18.9 Å². The molecule has 2 rings (SSSR count). The highest BCUT2D eigenvalue weighted by Gasteiger charge is 2.25. The lowest BCUT2D eigenvalue weighted by molar-refractivity contribution is -0.143. The van der Waals surface area contributed by atoms with Gasteiger partial charge in [-0.05, 0) is 31.4 Å². The predicted octanol–water partition coefficient (Wildman–Crippen LogP) is 3.06. The van der Waals surface area contributed by atoms with Crippen LogP contribution in [-0.4, -0.2) is 39.0 Å². The van der Waals surface area contributed by atoms with Crippen LogP contribution in [0, 0.1) is 0 Å². The van der Waals surface area contributed by atoms with Gasteiger partial charge in [0.1, 0.15) is 11.9 Å². The third kappa shape index (κ3) is 5.22. The second-order valence-electron chi connectivity index (χ2n) is 5.52. The fourth-order valence-electron chi connectivity index (χ4n) is 2.62. The van der Waals surface area contributed by atoms with E-state index in [1.807, 2.05) is 25.1 Å². The molecule has 128 valence electrons. The van der Waals surface area contributed by atoms with Crippen molar-refractivity contribution in [2.75, 3.05) is 26.9 Å². The number of rotatable bonds is 10. The van der Waals surface area contributed by atoms with Crippen molar-refractivity contribution in [2.24, 2.45) is 0 Å². The van der Waals surface area contributed by atoms with Gasteiger partial charge in [0.2, 0.25) is 0 Å². The molecule has 0 aromatic heterocycles. The van der Waals surface area contributed by atoms with E-state index in [-0.39, 0.29) is 18.2 Å². The largest absolute Gasteiger partial charge is 0.496 e. The number of esters is 1. The first-order chi connectivity index (χ1) is 11.2. The summed E-state index contributed by atoms with van der Waals surface area (Å²) in [4.78, 5) is 11.7. The van der Waals surface area contributed by atoms with Gasteiger partial charge >= 0.3 is 5.97 Å². The number of benzene rings is 1. The molecule has 1 aliphatic rings. The highest BCUT2D eigenvalue weighted by molar-refractivity contribution is 5.70. The Morgan fingerprint density at radius 1 is 1.39 bits per heavy atom. The number of methoxy groups -OCH3 is 1. The molecule has 2 atom stereocenters. The van der Waals surface area contributed by atoms with Crippen LogP contribution in [0.25, 0.3) is 0 Å². The summed E-state index contributed by atoms with van der Waals surface area (Å²) in [5.74, 6) is 0.598. The van der Waals surface area contributed by atoms with E-state index in [0.717, 1.165) is 29.9 Å². The van der Waals surface area contributed by atoms with Crippen LogP contribution in [0.15, 0.2) is 18.2 Å². The maximum absolute atomic E-state index is 11.7. The lowest BCUT2D eigenvalue weighted by Crippen LogP contribution is -2.13. The van der Waals surface area contributed by atoms with Crippen LogP contribution >= 0.6 is 0 Å². The molecule has 0 unspecified atom stereocenters. The molecule has 1 fully saturated rings. The highest BCUT2D eigenvalue weighted by atomic mass is 16.6. The van der Waals surface area contributed by atoms with Gasteiger partial charge in [0.25, 0.3) is 0 Å². The van der Waals surface area contributed by atoms with Crippen LogP contribution in [0.5, 0.6) is 5.75 Å². The molecule has 0 radical (unpaired) electrons. The SMILES string of the molecule is CCOC(=O)CCc1c(OC)cccc1[C@@H](CC)OC[C@H]1CO1. The summed E-state index contributed by atoms with van der Waals surface area (Å²) >= 11 is 0. The number of ether oxygens (including phenoxy) is 4. The zero-order chi connectivity index (χ0) is 16.7. The van der Waals surface area contributed by atoms with E-state index in [0.29, 0.717) is 26.1 Å².